The second kappa shape index (κ2) is 5.83. The first-order chi connectivity index (χ1) is 7.90. The van der Waals surface area contributed by atoms with E-state index in [2.05, 4.69) is 15.9 Å². The van der Waals surface area contributed by atoms with Crippen molar-refractivity contribution in [2.45, 2.75) is 19.8 Å². The lowest BCUT2D eigenvalue weighted by Gasteiger charge is -2.20. The van der Waals surface area contributed by atoms with Crippen LogP contribution in [0.3, 0.4) is 0 Å². The molecule has 0 spiro atoms. The SMILES string of the molecule is COC(=O)C(c1ccc(Br)c(Cl)c1F)C(C)C. The van der Waals surface area contributed by atoms with E-state index in [4.69, 9.17) is 16.3 Å². The molecule has 0 N–H and O–H groups in total. The number of ether oxygens (including phenoxy) is 1. The molecular weight excluding hydrogens is 310 g/mol. The van der Waals surface area contributed by atoms with E-state index in [1.165, 1.54) is 7.11 Å². The average molecular weight is 324 g/mol. The molecular formula is C12H13BrClFO2. The van der Waals surface area contributed by atoms with Crippen LogP contribution in [0.5, 0.6) is 0 Å². The van der Waals surface area contributed by atoms with Gasteiger partial charge in [0, 0.05) is 10.0 Å². The number of carbonyl (C=O) groups is 1. The maximum Gasteiger partial charge on any atom is 0.313 e. The van der Waals surface area contributed by atoms with Gasteiger partial charge in [0.15, 0.2) is 0 Å². The molecule has 0 heterocycles. The van der Waals surface area contributed by atoms with Crippen molar-refractivity contribution in [1.29, 1.82) is 0 Å². The van der Waals surface area contributed by atoms with Gasteiger partial charge in [0.2, 0.25) is 0 Å². The van der Waals surface area contributed by atoms with Gasteiger partial charge in [0.05, 0.1) is 18.1 Å². The lowest BCUT2D eigenvalue weighted by Crippen LogP contribution is -2.20. The van der Waals surface area contributed by atoms with Crippen molar-refractivity contribution in [1.82, 2.24) is 0 Å². The van der Waals surface area contributed by atoms with Gasteiger partial charge in [-0.05, 0) is 27.9 Å². The van der Waals surface area contributed by atoms with Crippen LogP contribution in [0.25, 0.3) is 0 Å². The van der Waals surface area contributed by atoms with Gasteiger partial charge in [-0.3, -0.25) is 4.79 Å². The summed E-state index contributed by atoms with van der Waals surface area (Å²) in [5.41, 5.74) is 0.264. The predicted octanol–water partition coefficient (Wildman–Crippen LogP) is 4.15. The summed E-state index contributed by atoms with van der Waals surface area (Å²) in [6, 6.07) is 3.17. The second-order valence-electron chi connectivity index (χ2n) is 4.01. The third-order valence-corrected chi connectivity index (χ3v) is 3.78. The number of hydrogen-bond acceptors (Lipinski definition) is 2. The summed E-state index contributed by atoms with van der Waals surface area (Å²) < 4.78 is 19.2. The maximum absolute atomic E-state index is 14.0. The average Bonchev–Trinajstić information content (AvgIpc) is 2.28. The fraction of sp³-hybridized carbons (Fsp3) is 0.417. The Kier molecular flexibility index (Phi) is 4.95. The number of esters is 1. The Labute approximate surface area is 113 Å². The second-order valence-corrected chi connectivity index (χ2v) is 5.24. The number of carbonyl (C=O) groups excluding carboxylic acids is 1. The standard InChI is InChI=1S/C12H13BrClFO2/c1-6(2)9(12(16)17-3)7-4-5-8(13)10(14)11(7)15/h4-6,9H,1-3H3. The predicted molar refractivity (Wildman–Crippen MR) is 68.7 cm³/mol. The summed E-state index contributed by atoms with van der Waals surface area (Å²) in [7, 11) is 1.29. The molecule has 0 aliphatic carbocycles. The van der Waals surface area contributed by atoms with Crippen molar-refractivity contribution < 1.29 is 13.9 Å². The van der Waals surface area contributed by atoms with Crippen molar-refractivity contribution in [3.63, 3.8) is 0 Å². The van der Waals surface area contributed by atoms with Gasteiger partial charge in [0.25, 0.3) is 0 Å². The van der Waals surface area contributed by atoms with Crippen LogP contribution in [0.4, 0.5) is 4.39 Å². The van der Waals surface area contributed by atoms with Gasteiger partial charge in [-0.25, -0.2) is 4.39 Å². The highest BCUT2D eigenvalue weighted by Gasteiger charge is 2.29. The molecule has 1 rings (SSSR count). The molecule has 0 saturated heterocycles. The zero-order valence-electron chi connectivity index (χ0n) is 9.76. The topological polar surface area (TPSA) is 26.3 Å². The first-order valence-electron chi connectivity index (χ1n) is 5.11. The number of benzene rings is 1. The van der Waals surface area contributed by atoms with E-state index in [1.807, 2.05) is 13.8 Å². The van der Waals surface area contributed by atoms with E-state index >= 15 is 0 Å². The Hall–Kier alpha value is -0.610. The quantitative estimate of drug-likeness (QED) is 0.617. The Morgan fingerprint density at radius 2 is 2.06 bits per heavy atom. The monoisotopic (exact) mass is 322 g/mol. The first-order valence-corrected chi connectivity index (χ1v) is 6.28. The molecule has 0 aromatic heterocycles. The molecule has 0 fully saturated rings. The summed E-state index contributed by atoms with van der Waals surface area (Å²) in [4.78, 5) is 11.7. The normalized spacial score (nSPS) is 12.6. The number of rotatable bonds is 3. The van der Waals surface area contributed by atoms with Crippen molar-refractivity contribution in [3.8, 4) is 0 Å². The van der Waals surface area contributed by atoms with Gasteiger partial charge >= 0.3 is 5.97 Å². The van der Waals surface area contributed by atoms with E-state index < -0.39 is 17.7 Å². The van der Waals surface area contributed by atoms with Crippen LogP contribution >= 0.6 is 27.5 Å². The minimum atomic E-state index is -0.648. The maximum atomic E-state index is 14.0. The minimum Gasteiger partial charge on any atom is -0.469 e. The van der Waals surface area contributed by atoms with Crippen molar-refractivity contribution in [3.05, 3.63) is 33.0 Å². The van der Waals surface area contributed by atoms with Crippen LogP contribution in [0.1, 0.15) is 25.3 Å². The Morgan fingerprint density at radius 1 is 1.47 bits per heavy atom. The van der Waals surface area contributed by atoms with Crippen LogP contribution in [0.15, 0.2) is 16.6 Å². The van der Waals surface area contributed by atoms with E-state index in [9.17, 15) is 9.18 Å². The molecule has 0 bridgehead atoms. The molecule has 1 unspecified atom stereocenters. The molecule has 0 aliphatic rings. The summed E-state index contributed by atoms with van der Waals surface area (Å²) in [6.45, 7) is 3.66. The van der Waals surface area contributed by atoms with Gasteiger partial charge in [0.1, 0.15) is 5.82 Å². The fourth-order valence-electron chi connectivity index (χ4n) is 1.67. The molecule has 0 amide bonds. The van der Waals surface area contributed by atoms with Crippen molar-refractivity contribution in [2.24, 2.45) is 5.92 Å². The van der Waals surface area contributed by atoms with Gasteiger partial charge in [-0.1, -0.05) is 31.5 Å². The largest absolute Gasteiger partial charge is 0.469 e. The molecule has 17 heavy (non-hydrogen) atoms. The molecule has 0 saturated carbocycles. The highest BCUT2D eigenvalue weighted by Crippen LogP contribution is 2.34. The van der Waals surface area contributed by atoms with Crippen molar-refractivity contribution >= 4 is 33.5 Å². The summed E-state index contributed by atoms with van der Waals surface area (Å²) in [5, 5.41) is -0.0166. The Morgan fingerprint density at radius 3 is 2.53 bits per heavy atom. The van der Waals surface area contributed by atoms with E-state index in [1.54, 1.807) is 12.1 Å². The molecule has 5 heteroatoms. The molecule has 2 nitrogen and oxygen atoms in total. The van der Waals surface area contributed by atoms with E-state index in [-0.39, 0.29) is 16.5 Å². The van der Waals surface area contributed by atoms with Crippen molar-refractivity contribution in [2.75, 3.05) is 7.11 Å². The van der Waals surface area contributed by atoms with Gasteiger partial charge < -0.3 is 4.74 Å². The van der Waals surface area contributed by atoms with Crippen LogP contribution in [0, 0.1) is 11.7 Å². The van der Waals surface area contributed by atoms with E-state index in [0.29, 0.717) is 4.47 Å². The summed E-state index contributed by atoms with van der Waals surface area (Å²) in [5.74, 6) is -1.76. The molecule has 1 atom stereocenters. The van der Waals surface area contributed by atoms with E-state index in [0.717, 1.165) is 0 Å². The third kappa shape index (κ3) is 2.99. The highest BCUT2D eigenvalue weighted by atomic mass is 79.9. The summed E-state index contributed by atoms with van der Waals surface area (Å²) >= 11 is 8.94. The first kappa shape index (κ1) is 14.5. The molecule has 0 aliphatic heterocycles. The van der Waals surface area contributed by atoms with Gasteiger partial charge in [-0.2, -0.15) is 0 Å². The van der Waals surface area contributed by atoms with Crippen LogP contribution in [-0.2, 0) is 9.53 Å². The number of hydrogen-bond donors (Lipinski definition) is 0. The van der Waals surface area contributed by atoms with Crippen LogP contribution in [-0.4, -0.2) is 13.1 Å². The zero-order chi connectivity index (χ0) is 13.2. The smallest absolute Gasteiger partial charge is 0.313 e. The Balaban J connectivity index is 3.29. The molecule has 1 aromatic rings. The Bertz CT molecular complexity index is 435. The molecule has 94 valence electrons. The zero-order valence-corrected chi connectivity index (χ0v) is 12.1. The minimum absolute atomic E-state index is 0.0166. The molecule has 1 aromatic carbocycles. The summed E-state index contributed by atoms with van der Waals surface area (Å²) in [6.07, 6.45) is 0. The fourth-order valence-corrected chi connectivity index (χ4v) is 2.14. The lowest BCUT2D eigenvalue weighted by atomic mass is 9.88. The highest BCUT2D eigenvalue weighted by molar-refractivity contribution is 9.10. The third-order valence-electron chi connectivity index (χ3n) is 2.52. The number of halogens is 3. The number of methoxy groups -OCH3 is 1. The van der Waals surface area contributed by atoms with Crippen LogP contribution in [0.2, 0.25) is 5.02 Å². The lowest BCUT2D eigenvalue weighted by molar-refractivity contribution is -0.143. The van der Waals surface area contributed by atoms with Gasteiger partial charge in [-0.15, -0.1) is 0 Å². The van der Waals surface area contributed by atoms with Crippen LogP contribution < -0.4 is 0 Å². The molecule has 0 radical (unpaired) electrons.